The van der Waals surface area contributed by atoms with E-state index >= 15 is 0 Å². The van der Waals surface area contributed by atoms with Gasteiger partial charge in [0, 0.05) is 38.6 Å². The van der Waals surface area contributed by atoms with Crippen LogP contribution in [0.3, 0.4) is 0 Å². The summed E-state index contributed by atoms with van der Waals surface area (Å²) in [6.45, 7) is 1.79. The molecule has 0 spiro atoms. The van der Waals surface area contributed by atoms with Gasteiger partial charge in [-0.1, -0.05) is 24.3 Å². The molecule has 39 heavy (non-hydrogen) atoms. The highest BCUT2D eigenvalue weighted by Gasteiger charge is 2.45. The number of allylic oxidation sites excluding steroid dienone is 5. The Morgan fingerprint density at radius 3 is 2.26 bits per heavy atom. The Labute approximate surface area is 227 Å². The molecule has 9 nitrogen and oxygen atoms in total. The molecule has 0 N–H and O–H groups in total. The predicted molar refractivity (Wildman–Crippen MR) is 144 cm³/mol. The minimum atomic E-state index is -1.40. The number of benzene rings is 1. The summed E-state index contributed by atoms with van der Waals surface area (Å²) < 4.78 is 35.9. The summed E-state index contributed by atoms with van der Waals surface area (Å²) in [5, 5.41) is 0. The fourth-order valence-electron chi connectivity index (χ4n) is 4.86. The Morgan fingerprint density at radius 2 is 1.67 bits per heavy atom. The number of nitrogens with zero attached hydrogens (tertiary/aromatic N) is 1. The first kappa shape index (κ1) is 28.1. The monoisotopic (exact) mass is 535 g/mol. The molecule has 206 valence electrons. The second-order valence-electron chi connectivity index (χ2n) is 9.08. The fraction of sp³-hybridized carbons (Fsp3) is 0.333. The molecule has 0 saturated heterocycles. The molecule has 0 amide bonds. The van der Waals surface area contributed by atoms with Gasteiger partial charge in [0.25, 0.3) is 0 Å². The number of aromatic nitrogens is 1. The fourth-order valence-corrected chi connectivity index (χ4v) is 4.86. The third kappa shape index (κ3) is 5.08. The molecule has 2 aromatic rings. The highest BCUT2D eigenvalue weighted by atomic mass is 16.7. The SMILES string of the molecule is COC1=CC(=O)c2c(c(COC3(OC)C=C(/C=C\c4ccc(OC)cc4)C=C(OC)C3OC)c(C)n2C)C1=O. The second kappa shape index (κ2) is 11.4. The normalized spacial score (nSPS) is 20.9. The minimum Gasteiger partial charge on any atom is -0.498 e. The Bertz CT molecular complexity index is 1390. The summed E-state index contributed by atoms with van der Waals surface area (Å²) >= 11 is 0. The number of carbonyl (C=O) groups excluding carboxylic acids is 2. The third-order valence-electron chi connectivity index (χ3n) is 7.10. The van der Waals surface area contributed by atoms with Crippen LogP contribution < -0.4 is 4.74 Å². The molecule has 0 aliphatic heterocycles. The molecule has 1 aromatic heterocycles. The summed E-state index contributed by atoms with van der Waals surface area (Å²) in [5.41, 5.74) is 3.58. The van der Waals surface area contributed by atoms with E-state index in [1.165, 1.54) is 27.4 Å². The quantitative estimate of drug-likeness (QED) is 0.416. The van der Waals surface area contributed by atoms with Gasteiger partial charge in [0.15, 0.2) is 11.9 Å². The van der Waals surface area contributed by atoms with E-state index in [0.717, 1.165) is 22.6 Å². The molecule has 1 aromatic carbocycles. The van der Waals surface area contributed by atoms with Crippen LogP contribution >= 0.6 is 0 Å². The smallest absolute Gasteiger partial charge is 0.230 e. The van der Waals surface area contributed by atoms with E-state index in [4.69, 9.17) is 28.4 Å². The molecular formula is C30H33NO8. The lowest BCUT2D eigenvalue weighted by atomic mass is 9.94. The lowest BCUT2D eigenvalue weighted by molar-refractivity contribution is -0.250. The van der Waals surface area contributed by atoms with Crippen LogP contribution in [0.2, 0.25) is 0 Å². The predicted octanol–water partition coefficient (Wildman–Crippen LogP) is 4.31. The number of ketones is 2. The lowest BCUT2D eigenvalue weighted by Gasteiger charge is -2.39. The van der Waals surface area contributed by atoms with Crippen molar-refractivity contribution in [2.24, 2.45) is 7.05 Å². The van der Waals surface area contributed by atoms with Gasteiger partial charge in [-0.3, -0.25) is 9.59 Å². The zero-order valence-electron chi connectivity index (χ0n) is 23.2. The Kier molecular flexibility index (Phi) is 8.25. The molecule has 0 fully saturated rings. The maximum atomic E-state index is 13.2. The molecule has 2 aliphatic carbocycles. The molecule has 0 saturated carbocycles. The van der Waals surface area contributed by atoms with Crippen molar-refractivity contribution in [3.63, 3.8) is 0 Å². The molecule has 2 unspecified atom stereocenters. The van der Waals surface area contributed by atoms with Gasteiger partial charge in [0.05, 0.1) is 33.5 Å². The van der Waals surface area contributed by atoms with Crippen molar-refractivity contribution in [3.05, 3.63) is 93.7 Å². The molecule has 9 heteroatoms. The third-order valence-corrected chi connectivity index (χ3v) is 7.10. The van der Waals surface area contributed by atoms with Gasteiger partial charge in [-0.05, 0) is 42.3 Å². The van der Waals surface area contributed by atoms with Gasteiger partial charge >= 0.3 is 0 Å². The van der Waals surface area contributed by atoms with Crippen molar-refractivity contribution >= 4 is 17.6 Å². The maximum Gasteiger partial charge on any atom is 0.230 e. The zero-order valence-corrected chi connectivity index (χ0v) is 23.2. The summed E-state index contributed by atoms with van der Waals surface area (Å²) in [6, 6.07) is 7.65. The van der Waals surface area contributed by atoms with Crippen molar-refractivity contribution in [2.45, 2.75) is 25.4 Å². The standard InChI is InChI=1S/C30H33NO8/c1-18-22(26-27(31(18)2)23(32)15-24(35-4)28(26)33)17-39-30(38-7)16-20(14-25(36-5)29(30)37-6)9-8-19-10-12-21(34-3)13-11-19/h8-16,29H,17H2,1-7H3/b9-8-. The highest BCUT2D eigenvalue weighted by molar-refractivity contribution is 6.24. The number of rotatable bonds is 10. The van der Waals surface area contributed by atoms with Gasteiger partial charge in [-0.2, -0.15) is 0 Å². The average Bonchev–Trinajstić information content (AvgIpc) is 3.22. The average molecular weight is 536 g/mol. The summed E-state index contributed by atoms with van der Waals surface area (Å²) in [6.07, 6.45) is 8.00. The Hall–Kier alpha value is -3.92. The molecule has 4 rings (SSSR count). The van der Waals surface area contributed by atoms with E-state index in [1.54, 1.807) is 25.8 Å². The van der Waals surface area contributed by atoms with Crippen molar-refractivity contribution in [1.29, 1.82) is 0 Å². The summed E-state index contributed by atoms with van der Waals surface area (Å²) in [7, 11) is 9.33. The van der Waals surface area contributed by atoms with Crippen molar-refractivity contribution in [2.75, 3.05) is 35.5 Å². The van der Waals surface area contributed by atoms with Crippen LogP contribution in [0.1, 0.15) is 37.7 Å². The van der Waals surface area contributed by atoms with Crippen LogP contribution in [-0.2, 0) is 37.3 Å². The summed E-state index contributed by atoms with van der Waals surface area (Å²) in [4.78, 5) is 26.0. The van der Waals surface area contributed by atoms with Gasteiger partial charge in [0.1, 0.15) is 17.2 Å². The zero-order chi connectivity index (χ0) is 28.3. The number of methoxy groups -OCH3 is 5. The first-order chi connectivity index (χ1) is 18.7. The molecule has 0 bridgehead atoms. The van der Waals surface area contributed by atoms with Crippen LogP contribution in [0.25, 0.3) is 6.08 Å². The highest BCUT2D eigenvalue weighted by Crippen LogP contribution is 2.37. The Morgan fingerprint density at radius 1 is 0.949 bits per heavy atom. The van der Waals surface area contributed by atoms with Crippen molar-refractivity contribution in [1.82, 2.24) is 4.57 Å². The van der Waals surface area contributed by atoms with E-state index in [1.807, 2.05) is 55.5 Å². The van der Waals surface area contributed by atoms with E-state index < -0.39 is 11.9 Å². The van der Waals surface area contributed by atoms with Crippen LogP contribution in [0.5, 0.6) is 5.75 Å². The molecule has 1 heterocycles. The topological polar surface area (TPSA) is 94.5 Å². The molecular weight excluding hydrogens is 502 g/mol. The Balaban J connectivity index is 1.71. The molecule has 2 aliphatic rings. The number of carbonyl (C=O) groups is 2. The van der Waals surface area contributed by atoms with Crippen LogP contribution in [0, 0.1) is 6.92 Å². The van der Waals surface area contributed by atoms with Crippen LogP contribution in [0.4, 0.5) is 0 Å². The molecule has 2 atom stereocenters. The van der Waals surface area contributed by atoms with Gasteiger partial charge in [0.2, 0.25) is 17.4 Å². The van der Waals surface area contributed by atoms with E-state index in [2.05, 4.69) is 0 Å². The lowest BCUT2D eigenvalue weighted by Crippen LogP contribution is -2.49. The van der Waals surface area contributed by atoms with Gasteiger partial charge in [-0.25, -0.2) is 0 Å². The van der Waals surface area contributed by atoms with Crippen molar-refractivity contribution in [3.8, 4) is 5.75 Å². The van der Waals surface area contributed by atoms with Crippen LogP contribution in [-0.4, -0.2) is 63.6 Å². The second-order valence-corrected chi connectivity index (χ2v) is 9.08. The van der Waals surface area contributed by atoms with E-state index in [0.29, 0.717) is 17.0 Å². The summed E-state index contributed by atoms with van der Waals surface area (Å²) in [5.74, 6) is -0.813. The van der Waals surface area contributed by atoms with E-state index in [9.17, 15) is 9.59 Å². The number of Topliss-reactive ketones (excluding diaryl/α,β-unsaturated/α-hetero) is 1. The van der Waals surface area contributed by atoms with Gasteiger partial charge in [-0.15, -0.1) is 0 Å². The first-order valence-corrected chi connectivity index (χ1v) is 12.3. The van der Waals surface area contributed by atoms with E-state index in [-0.39, 0.29) is 29.5 Å². The first-order valence-electron chi connectivity index (χ1n) is 12.3. The number of hydrogen-bond donors (Lipinski definition) is 0. The maximum absolute atomic E-state index is 13.2. The largest absolute Gasteiger partial charge is 0.498 e. The molecule has 0 radical (unpaired) electrons. The van der Waals surface area contributed by atoms with Crippen molar-refractivity contribution < 1.29 is 38.0 Å². The van der Waals surface area contributed by atoms with Crippen LogP contribution in [0.15, 0.2) is 65.7 Å². The number of ether oxygens (including phenoxy) is 6. The minimum absolute atomic E-state index is 0.0105. The number of hydrogen-bond acceptors (Lipinski definition) is 8. The number of fused-ring (bicyclic) bond motifs is 1. The van der Waals surface area contributed by atoms with Gasteiger partial charge < -0.3 is 33.0 Å².